The molecule has 1 aromatic heterocycles. The molecule has 1 fully saturated rings. The summed E-state index contributed by atoms with van der Waals surface area (Å²) in [7, 11) is 0. The second kappa shape index (κ2) is 2.82. The Morgan fingerprint density at radius 1 is 1.40 bits per heavy atom. The molecule has 0 amide bonds. The molecule has 0 spiro atoms. The number of hydrogen-bond acceptors (Lipinski definition) is 3. The van der Waals surface area contributed by atoms with E-state index in [1.807, 2.05) is 12.1 Å². The molecule has 0 atom stereocenters. The maximum atomic E-state index is 11.2. The van der Waals surface area contributed by atoms with E-state index in [2.05, 4.69) is 11.1 Å². The molecule has 0 saturated heterocycles. The van der Waals surface area contributed by atoms with Gasteiger partial charge in [0.25, 0.3) is 0 Å². The topological polar surface area (TPSA) is 60.9 Å². The molecule has 2 aromatic rings. The number of rotatable bonds is 1. The SMILES string of the molecule is Nn1cc2cc(C3CC3)ccc2nc1=O. The van der Waals surface area contributed by atoms with Crippen LogP contribution in [-0.4, -0.2) is 9.66 Å². The number of fused-ring (bicyclic) bond motifs is 1. The summed E-state index contributed by atoms with van der Waals surface area (Å²) in [5, 5.41) is 0.932. The van der Waals surface area contributed by atoms with Crippen LogP contribution in [0.5, 0.6) is 0 Å². The first-order valence-electron chi connectivity index (χ1n) is 5.02. The predicted molar refractivity (Wildman–Crippen MR) is 58.1 cm³/mol. The standard InChI is InChI=1S/C11H11N3O/c12-14-6-9-5-8(7-1-2-7)3-4-10(9)13-11(14)15/h3-7H,1-2,12H2. The van der Waals surface area contributed by atoms with E-state index in [0.29, 0.717) is 11.4 Å². The smallest absolute Gasteiger partial charge is 0.335 e. The highest BCUT2D eigenvalue weighted by molar-refractivity contribution is 5.78. The van der Waals surface area contributed by atoms with Crippen LogP contribution >= 0.6 is 0 Å². The Morgan fingerprint density at radius 3 is 2.93 bits per heavy atom. The predicted octanol–water partition coefficient (Wildman–Crippen LogP) is 0.988. The summed E-state index contributed by atoms with van der Waals surface area (Å²) in [6.45, 7) is 0. The van der Waals surface area contributed by atoms with Gasteiger partial charge in [-0.25, -0.2) is 9.47 Å². The van der Waals surface area contributed by atoms with Crippen molar-refractivity contribution >= 4 is 10.9 Å². The number of nitrogen functional groups attached to an aromatic ring is 1. The van der Waals surface area contributed by atoms with E-state index < -0.39 is 5.69 Å². The molecular formula is C11H11N3O. The van der Waals surface area contributed by atoms with Crippen molar-refractivity contribution in [3.63, 3.8) is 0 Å². The highest BCUT2D eigenvalue weighted by atomic mass is 16.1. The molecular weight excluding hydrogens is 190 g/mol. The van der Waals surface area contributed by atoms with Crippen molar-refractivity contribution in [1.82, 2.24) is 9.66 Å². The third-order valence-electron chi connectivity index (χ3n) is 2.82. The summed E-state index contributed by atoms with van der Waals surface area (Å²) < 4.78 is 1.03. The highest BCUT2D eigenvalue weighted by Crippen LogP contribution is 2.40. The molecule has 1 aromatic carbocycles. The Bertz CT molecular complexity index is 584. The van der Waals surface area contributed by atoms with Gasteiger partial charge in [0.2, 0.25) is 0 Å². The second-order valence-electron chi connectivity index (χ2n) is 4.02. The summed E-state index contributed by atoms with van der Waals surface area (Å²) in [6, 6.07) is 6.01. The van der Waals surface area contributed by atoms with Gasteiger partial charge in [-0.3, -0.25) is 0 Å². The van der Waals surface area contributed by atoms with Crippen LogP contribution in [0.15, 0.2) is 29.2 Å². The minimum absolute atomic E-state index is 0.415. The van der Waals surface area contributed by atoms with Crippen molar-refractivity contribution < 1.29 is 0 Å². The Hall–Kier alpha value is -1.84. The van der Waals surface area contributed by atoms with E-state index in [1.165, 1.54) is 18.4 Å². The van der Waals surface area contributed by atoms with E-state index in [-0.39, 0.29) is 0 Å². The van der Waals surface area contributed by atoms with Gasteiger partial charge >= 0.3 is 5.69 Å². The maximum absolute atomic E-state index is 11.2. The highest BCUT2D eigenvalue weighted by Gasteiger charge is 2.23. The molecule has 1 aliphatic carbocycles. The van der Waals surface area contributed by atoms with E-state index in [0.717, 1.165) is 10.1 Å². The first-order valence-corrected chi connectivity index (χ1v) is 5.02. The summed E-state index contributed by atoms with van der Waals surface area (Å²) in [5.74, 6) is 6.17. The van der Waals surface area contributed by atoms with Crippen LogP contribution in [0, 0.1) is 0 Å². The van der Waals surface area contributed by atoms with Gasteiger partial charge in [0.05, 0.1) is 5.52 Å². The fourth-order valence-corrected chi connectivity index (χ4v) is 1.81. The summed E-state index contributed by atoms with van der Waals surface area (Å²) in [5.41, 5.74) is 1.62. The van der Waals surface area contributed by atoms with Gasteiger partial charge in [-0.1, -0.05) is 6.07 Å². The number of benzene rings is 1. The van der Waals surface area contributed by atoms with Gasteiger partial charge in [0.15, 0.2) is 0 Å². The molecule has 3 rings (SSSR count). The fraction of sp³-hybridized carbons (Fsp3) is 0.273. The van der Waals surface area contributed by atoms with E-state index >= 15 is 0 Å². The molecule has 76 valence electrons. The first-order chi connectivity index (χ1) is 7.24. The zero-order valence-electron chi connectivity index (χ0n) is 8.18. The van der Waals surface area contributed by atoms with Gasteiger partial charge in [0.1, 0.15) is 0 Å². The molecule has 0 bridgehead atoms. The normalized spacial score (nSPS) is 15.7. The van der Waals surface area contributed by atoms with Crippen molar-refractivity contribution in [1.29, 1.82) is 0 Å². The van der Waals surface area contributed by atoms with Crippen LogP contribution in [-0.2, 0) is 0 Å². The fourth-order valence-electron chi connectivity index (χ4n) is 1.81. The first kappa shape index (κ1) is 8.47. The Balaban J connectivity index is 2.25. The largest absolute Gasteiger partial charge is 0.366 e. The molecule has 1 saturated carbocycles. The molecule has 1 aliphatic rings. The molecule has 15 heavy (non-hydrogen) atoms. The second-order valence-corrected chi connectivity index (χ2v) is 4.02. The van der Waals surface area contributed by atoms with Crippen molar-refractivity contribution in [3.8, 4) is 0 Å². The van der Waals surface area contributed by atoms with Crippen molar-refractivity contribution in [3.05, 3.63) is 40.4 Å². The van der Waals surface area contributed by atoms with E-state index in [1.54, 1.807) is 6.20 Å². The monoisotopic (exact) mass is 201 g/mol. The Morgan fingerprint density at radius 2 is 2.20 bits per heavy atom. The average Bonchev–Trinajstić information content (AvgIpc) is 3.02. The Kier molecular flexibility index (Phi) is 1.59. The molecule has 4 heteroatoms. The van der Waals surface area contributed by atoms with Gasteiger partial charge in [-0.15, -0.1) is 0 Å². The summed E-state index contributed by atoms with van der Waals surface area (Å²) in [6.07, 6.45) is 4.17. The van der Waals surface area contributed by atoms with Gasteiger partial charge in [-0.05, 0) is 36.5 Å². The maximum Gasteiger partial charge on any atom is 0.366 e. The zero-order valence-corrected chi connectivity index (χ0v) is 8.18. The third kappa shape index (κ3) is 1.38. The van der Waals surface area contributed by atoms with Crippen LogP contribution in [0.25, 0.3) is 10.9 Å². The molecule has 1 heterocycles. The molecule has 0 unspecified atom stereocenters. The van der Waals surface area contributed by atoms with Gasteiger partial charge in [-0.2, -0.15) is 4.98 Å². The lowest BCUT2D eigenvalue weighted by molar-refractivity contribution is 0.892. The van der Waals surface area contributed by atoms with Crippen LogP contribution in [0.4, 0.5) is 0 Å². The van der Waals surface area contributed by atoms with Crippen LogP contribution in [0.2, 0.25) is 0 Å². The number of nitrogens with zero attached hydrogens (tertiary/aromatic N) is 2. The number of nitrogens with two attached hydrogens (primary N) is 1. The number of aromatic nitrogens is 2. The van der Waals surface area contributed by atoms with E-state index in [4.69, 9.17) is 5.84 Å². The zero-order chi connectivity index (χ0) is 10.4. The Labute approximate surface area is 86.3 Å². The van der Waals surface area contributed by atoms with Crippen molar-refractivity contribution in [2.75, 3.05) is 5.84 Å². The quantitative estimate of drug-likeness (QED) is 0.700. The van der Waals surface area contributed by atoms with Gasteiger partial charge in [0, 0.05) is 11.6 Å². The van der Waals surface area contributed by atoms with Crippen molar-refractivity contribution in [2.24, 2.45) is 0 Å². The lowest BCUT2D eigenvalue weighted by Gasteiger charge is -2.02. The third-order valence-corrected chi connectivity index (χ3v) is 2.82. The van der Waals surface area contributed by atoms with Crippen LogP contribution in [0.3, 0.4) is 0 Å². The van der Waals surface area contributed by atoms with Gasteiger partial charge < -0.3 is 5.84 Å². The molecule has 0 radical (unpaired) electrons. The minimum Gasteiger partial charge on any atom is -0.335 e. The van der Waals surface area contributed by atoms with Crippen LogP contribution in [0.1, 0.15) is 24.3 Å². The molecule has 4 nitrogen and oxygen atoms in total. The van der Waals surface area contributed by atoms with E-state index in [9.17, 15) is 4.79 Å². The minimum atomic E-state index is -0.415. The molecule has 0 aliphatic heterocycles. The molecule has 2 N–H and O–H groups in total. The number of hydrogen-bond donors (Lipinski definition) is 1. The summed E-state index contributed by atoms with van der Waals surface area (Å²) in [4.78, 5) is 15.1. The summed E-state index contributed by atoms with van der Waals surface area (Å²) >= 11 is 0. The average molecular weight is 201 g/mol. The lowest BCUT2D eigenvalue weighted by Crippen LogP contribution is -2.28. The van der Waals surface area contributed by atoms with Crippen molar-refractivity contribution in [2.45, 2.75) is 18.8 Å². The van der Waals surface area contributed by atoms with Crippen LogP contribution < -0.4 is 11.5 Å². The lowest BCUT2D eigenvalue weighted by atomic mass is 10.1.